The van der Waals surface area contributed by atoms with E-state index >= 15 is 0 Å². The number of aliphatic imine (C=N–C) groups is 1. The van der Waals surface area contributed by atoms with Crippen molar-refractivity contribution in [2.24, 2.45) is 21.9 Å². The number of nitrogens with zero attached hydrogens (tertiary/aromatic N) is 1. The van der Waals surface area contributed by atoms with Crippen LogP contribution in [-0.2, 0) is 9.59 Å². The van der Waals surface area contributed by atoms with E-state index in [1.807, 2.05) is 5.32 Å². The molecule has 0 radical (unpaired) electrons. The van der Waals surface area contributed by atoms with Gasteiger partial charge in [-0.3, -0.25) is 14.9 Å². The van der Waals surface area contributed by atoms with E-state index in [-0.39, 0.29) is 12.5 Å². The average molecular weight is 229 g/mol. The van der Waals surface area contributed by atoms with Gasteiger partial charge in [0, 0.05) is 6.54 Å². The molecule has 9 nitrogen and oxygen atoms in total. The van der Waals surface area contributed by atoms with Crippen molar-refractivity contribution in [3.63, 3.8) is 0 Å². The number of amides is 4. The highest BCUT2D eigenvalue weighted by Gasteiger charge is 2.46. The number of hydrogen-bond acceptors (Lipinski definition) is 5. The van der Waals surface area contributed by atoms with Gasteiger partial charge in [-0.2, -0.15) is 4.99 Å². The average Bonchev–Trinajstić information content (AvgIpc) is 2.17. The number of carbonyl (C=O) groups excluding carboxylic acids is 3. The van der Waals surface area contributed by atoms with E-state index in [9.17, 15) is 14.4 Å². The van der Waals surface area contributed by atoms with Gasteiger partial charge in [-0.25, -0.2) is 4.79 Å². The van der Waals surface area contributed by atoms with Gasteiger partial charge in [0.2, 0.25) is 11.9 Å². The molecule has 4 amide bonds. The first kappa shape index (κ1) is 11.9. The summed E-state index contributed by atoms with van der Waals surface area (Å²) in [7, 11) is 0. The van der Waals surface area contributed by atoms with Gasteiger partial charge in [0.05, 0.1) is 6.61 Å². The van der Waals surface area contributed by atoms with Gasteiger partial charge in [-0.1, -0.05) is 0 Å². The van der Waals surface area contributed by atoms with Crippen LogP contribution in [0.3, 0.4) is 0 Å². The van der Waals surface area contributed by atoms with Gasteiger partial charge >= 0.3 is 6.03 Å². The molecular formula is C7H11N5O4. The first-order valence-corrected chi connectivity index (χ1v) is 4.26. The maximum absolute atomic E-state index is 11.5. The molecule has 0 saturated heterocycles. The van der Waals surface area contributed by atoms with Crippen molar-refractivity contribution in [1.29, 1.82) is 0 Å². The Morgan fingerprint density at radius 3 is 2.56 bits per heavy atom. The molecule has 0 aromatic heterocycles. The first-order valence-electron chi connectivity index (χ1n) is 4.26. The maximum atomic E-state index is 11.5. The fourth-order valence-electron chi connectivity index (χ4n) is 1.14. The fraction of sp³-hybridized carbons (Fsp3) is 0.429. The van der Waals surface area contributed by atoms with Gasteiger partial charge in [0.25, 0.3) is 5.91 Å². The Kier molecular flexibility index (Phi) is 3.09. The van der Waals surface area contributed by atoms with Crippen LogP contribution in [0.4, 0.5) is 4.79 Å². The standard InChI is InChI=1S/C7H11N5O4/c8-3(14)7(2-13)1-10-6(11-4(7)15)12-5(9)16/h13H,1-2H2,(H2,8,14)(H4,9,10,11,12,15,16)/t7-/m1/s1. The maximum Gasteiger partial charge on any atom is 0.318 e. The van der Waals surface area contributed by atoms with Gasteiger partial charge in [-0.15, -0.1) is 0 Å². The van der Waals surface area contributed by atoms with Crippen molar-refractivity contribution in [2.45, 2.75) is 0 Å². The summed E-state index contributed by atoms with van der Waals surface area (Å²) in [5, 5.41) is 13.5. The van der Waals surface area contributed by atoms with Crippen LogP contribution in [0, 0.1) is 5.41 Å². The molecule has 0 aromatic rings. The van der Waals surface area contributed by atoms with E-state index in [2.05, 4.69) is 10.3 Å². The predicted molar refractivity (Wildman–Crippen MR) is 51.9 cm³/mol. The molecule has 0 unspecified atom stereocenters. The van der Waals surface area contributed by atoms with E-state index < -0.39 is 29.9 Å². The number of primary amides is 2. The van der Waals surface area contributed by atoms with Crippen LogP contribution in [0.25, 0.3) is 0 Å². The summed E-state index contributed by atoms with van der Waals surface area (Å²) in [6, 6.07) is -0.908. The molecule has 1 aliphatic heterocycles. The Morgan fingerprint density at radius 2 is 2.19 bits per heavy atom. The number of urea groups is 1. The smallest absolute Gasteiger partial charge is 0.318 e. The monoisotopic (exact) mass is 229 g/mol. The lowest BCUT2D eigenvalue weighted by molar-refractivity contribution is -0.142. The zero-order valence-electron chi connectivity index (χ0n) is 8.19. The number of nitrogens with one attached hydrogen (secondary N) is 2. The highest BCUT2D eigenvalue weighted by molar-refractivity contribution is 6.12. The van der Waals surface area contributed by atoms with Gasteiger partial charge in [0.1, 0.15) is 0 Å². The van der Waals surface area contributed by atoms with Gasteiger partial charge in [-0.05, 0) is 0 Å². The number of rotatable bonds is 2. The molecule has 0 spiro atoms. The highest BCUT2D eigenvalue weighted by atomic mass is 16.3. The Balaban J connectivity index is 2.94. The largest absolute Gasteiger partial charge is 0.395 e. The number of guanidine groups is 1. The van der Waals surface area contributed by atoms with E-state index in [0.29, 0.717) is 0 Å². The zero-order chi connectivity index (χ0) is 12.3. The molecule has 1 heterocycles. The molecule has 7 N–H and O–H groups in total. The minimum absolute atomic E-state index is 0.178. The van der Waals surface area contributed by atoms with E-state index in [1.54, 1.807) is 0 Å². The minimum atomic E-state index is -1.79. The Labute approximate surface area is 89.9 Å². The van der Waals surface area contributed by atoms with Crippen LogP contribution >= 0.6 is 0 Å². The van der Waals surface area contributed by atoms with E-state index in [1.165, 1.54) is 0 Å². The third-order valence-electron chi connectivity index (χ3n) is 2.16. The molecule has 9 heteroatoms. The molecule has 0 saturated carbocycles. The summed E-state index contributed by atoms with van der Waals surface area (Å²) in [6.07, 6.45) is 0. The van der Waals surface area contributed by atoms with Crippen molar-refractivity contribution >= 4 is 23.8 Å². The summed E-state index contributed by atoms with van der Waals surface area (Å²) in [6.45, 7) is -1.02. The molecule has 0 aromatic carbocycles. The van der Waals surface area contributed by atoms with Gasteiger partial charge < -0.3 is 21.9 Å². The summed E-state index contributed by atoms with van der Waals surface area (Å²) in [4.78, 5) is 36.4. The first-order chi connectivity index (χ1) is 7.42. The summed E-state index contributed by atoms with van der Waals surface area (Å²) in [5.74, 6) is -2.10. The number of aliphatic hydroxyl groups excluding tert-OH is 1. The molecule has 1 atom stereocenters. The van der Waals surface area contributed by atoms with Crippen LogP contribution in [0.2, 0.25) is 0 Å². The SMILES string of the molecule is NC(=O)NC1=NC(=O)[C@](CO)(C(N)=O)CN1. The molecule has 88 valence electrons. The fourth-order valence-corrected chi connectivity index (χ4v) is 1.14. The van der Waals surface area contributed by atoms with Crippen LogP contribution in [0.5, 0.6) is 0 Å². The zero-order valence-corrected chi connectivity index (χ0v) is 8.19. The molecule has 0 aliphatic carbocycles. The van der Waals surface area contributed by atoms with Crippen molar-refractivity contribution < 1.29 is 19.5 Å². The normalized spacial score (nSPS) is 24.3. The van der Waals surface area contributed by atoms with Crippen molar-refractivity contribution in [3.05, 3.63) is 0 Å². The second-order valence-electron chi connectivity index (χ2n) is 3.21. The predicted octanol–water partition coefficient (Wildman–Crippen LogP) is -3.40. The lowest BCUT2D eigenvalue weighted by Gasteiger charge is -2.29. The van der Waals surface area contributed by atoms with Crippen LogP contribution < -0.4 is 22.1 Å². The van der Waals surface area contributed by atoms with Crippen LogP contribution in [0.15, 0.2) is 4.99 Å². The molecule has 1 rings (SSSR count). The molecule has 16 heavy (non-hydrogen) atoms. The van der Waals surface area contributed by atoms with Crippen LogP contribution in [0.1, 0.15) is 0 Å². The summed E-state index contributed by atoms with van der Waals surface area (Å²) in [5.41, 5.74) is 8.03. The Hall–Kier alpha value is -2.16. The molecule has 1 aliphatic rings. The lowest BCUT2D eigenvalue weighted by Crippen LogP contribution is -2.60. The van der Waals surface area contributed by atoms with Crippen molar-refractivity contribution in [2.75, 3.05) is 13.2 Å². The topological polar surface area (TPSA) is 160 Å². The minimum Gasteiger partial charge on any atom is -0.395 e. The quantitative estimate of drug-likeness (QED) is 0.311. The molecule has 0 fully saturated rings. The molecule has 0 bridgehead atoms. The van der Waals surface area contributed by atoms with Crippen molar-refractivity contribution in [3.8, 4) is 0 Å². The van der Waals surface area contributed by atoms with E-state index in [0.717, 1.165) is 0 Å². The lowest BCUT2D eigenvalue weighted by atomic mass is 9.86. The van der Waals surface area contributed by atoms with E-state index in [4.69, 9.17) is 16.6 Å². The Bertz CT molecular complexity index is 379. The number of aliphatic hydroxyl groups is 1. The third-order valence-corrected chi connectivity index (χ3v) is 2.16. The Morgan fingerprint density at radius 1 is 1.56 bits per heavy atom. The number of carbonyl (C=O) groups is 3. The number of hydrogen-bond donors (Lipinski definition) is 5. The summed E-state index contributed by atoms with van der Waals surface area (Å²) >= 11 is 0. The van der Waals surface area contributed by atoms with Gasteiger partial charge in [0.15, 0.2) is 5.41 Å². The van der Waals surface area contributed by atoms with Crippen LogP contribution in [-0.4, -0.2) is 42.1 Å². The third kappa shape index (κ3) is 1.93. The summed E-state index contributed by atoms with van der Waals surface area (Å²) < 4.78 is 0. The second kappa shape index (κ2) is 4.14. The number of nitrogens with two attached hydrogens (primary N) is 2. The highest BCUT2D eigenvalue weighted by Crippen LogP contribution is 2.19. The van der Waals surface area contributed by atoms with Crippen molar-refractivity contribution in [1.82, 2.24) is 10.6 Å². The second-order valence-corrected chi connectivity index (χ2v) is 3.21. The molecular weight excluding hydrogens is 218 g/mol.